The summed E-state index contributed by atoms with van der Waals surface area (Å²) in [5.74, 6) is 3.80. The Morgan fingerprint density at radius 1 is 0.604 bits per heavy atom. The minimum Gasteiger partial charge on any atom is -0.494 e. The van der Waals surface area contributed by atoms with Gasteiger partial charge >= 0.3 is 5.97 Å². The number of carbonyl (C=O) groups is 1. The molecule has 2 rings (SSSR count). The molecule has 0 unspecified atom stereocenters. The number of thioether (sulfide) groups is 1. The monoisotopic (exact) mass is 682 g/mol. The summed E-state index contributed by atoms with van der Waals surface area (Å²) < 4.78 is 11.5. The first-order chi connectivity index (χ1) is 23.6. The molecule has 0 spiro atoms. The van der Waals surface area contributed by atoms with Crippen LogP contribution in [0.5, 0.6) is 11.5 Å². The molecule has 0 aromatic heterocycles. The highest BCUT2D eigenvalue weighted by atomic mass is 32.2. The van der Waals surface area contributed by atoms with Crippen molar-refractivity contribution in [3.63, 3.8) is 0 Å². The Hall–Kier alpha value is -2.54. The second-order valence-electron chi connectivity index (χ2n) is 13.1. The number of rotatable bonds is 32. The maximum absolute atomic E-state index is 10.5. The Morgan fingerprint density at radius 2 is 1.06 bits per heavy atom. The van der Waals surface area contributed by atoms with Crippen LogP contribution in [-0.2, 0) is 4.79 Å². The highest BCUT2D eigenvalue weighted by molar-refractivity contribution is 7.99. The van der Waals surface area contributed by atoms with Crippen LogP contribution in [-0.4, -0.2) is 35.8 Å². The Labute approximate surface area is 297 Å². The third-order valence-corrected chi connectivity index (χ3v) is 9.86. The first-order valence-electron chi connectivity index (χ1n) is 19.3. The fourth-order valence-corrected chi connectivity index (χ4v) is 6.85. The van der Waals surface area contributed by atoms with Gasteiger partial charge in [0.15, 0.2) is 0 Å². The lowest BCUT2D eigenvalue weighted by molar-refractivity contribution is -0.137. The number of hydrogen-bond donors (Lipinski definition) is 1. The largest absolute Gasteiger partial charge is 0.494 e. The van der Waals surface area contributed by atoms with Gasteiger partial charge in [-0.15, -0.1) is 0 Å². The minimum atomic E-state index is -0.658. The molecule has 0 amide bonds. The Bertz CT molecular complexity index is 1090. The predicted molar refractivity (Wildman–Crippen MR) is 205 cm³/mol. The third-order valence-electron chi connectivity index (χ3n) is 8.71. The van der Waals surface area contributed by atoms with Gasteiger partial charge in [-0.2, -0.15) is 22.0 Å². The van der Waals surface area contributed by atoms with E-state index in [1.165, 1.54) is 127 Å². The topological polar surface area (TPSA) is 80.5 Å². The molecule has 0 atom stereocenters. The molecule has 0 radical (unpaired) electrons. The van der Waals surface area contributed by atoms with E-state index < -0.39 is 5.97 Å². The van der Waals surface area contributed by atoms with Crippen molar-refractivity contribution in [2.75, 3.05) is 24.7 Å². The van der Waals surface area contributed by atoms with E-state index in [2.05, 4.69) is 28.9 Å². The van der Waals surface area contributed by atoms with Crippen LogP contribution >= 0.6 is 11.8 Å². The van der Waals surface area contributed by atoms with Gasteiger partial charge in [-0.3, -0.25) is 4.79 Å². The van der Waals surface area contributed by atoms with E-state index in [0.29, 0.717) is 13.0 Å². The van der Waals surface area contributed by atoms with E-state index in [9.17, 15) is 4.79 Å². The lowest BCUT2D eigenvalue weighted by atomic mass is 10.0. The average Bonchev–Trinajstić information content (AvgIpc) is 3.08. The number of aliphatic carboxylic acids is 1. The molecule has 0 saturated carbocycles. The summed E-state index contributed by atoms with van der Waals surface area (Å²) in [6, 6.07) is 13.6. The molecule has 1 N–H and O–H groups in total. The summed E-state index contributed by atoms with van der Waals surface area (Å²) in [5, 5.41) is 17.4. The van der Waals surface area contributed by atoms with Crippen LogP contribution in [0.2, 0.25) is 0 Å². The molecular weight excluding hydrogens is 617 g/mol. The van der Waals surface area contributed by atoms with Crippen LogP contribution in [0.4, 0.5) is 11.4 Å². The van der Waals surface area contributed by atoms with Crippen LogP contribution in [0.15, 0.2) is 52.7 Å². The summed E-state index contributed by atoms with van der Waals surface area (Å²) in [6.45, 7) is 5.46. The van der Waals surface area contributed by atoms with Gasteiger partial charge in [0.05, 0.1) is 24.6 Å². The lowest BCUT2D eigenvalue weighted by Gasteiger charge is -2.09. The quantitative estimate of drug-likeness (QED) is 0.0613. The second kappa shape index (κ2) is 29.4. The van der Waals surface area contributed by atoms with E-state index in [-0.39, 0.29) is 0 Å². The molecule has 0 aliphatic carbocycles. The molecule has 270 valence electrons. The van der Waals surface area contributed by atoms with Gasteiger partial charge < -0.3 is 14.6 Å². The standard InChI is InChI=1S/C41H66N2O4S/c1-3-46-39-29-26-37(27-30-39)42-43-38-28-31-40(36(2)35-38)47-32-22-18-14-10-12-16-20-24-34-48-33-23-19-15-11-8-6-4-5-7-9-13-17-21-25-41(44)45/h26-31,35H,3-25,32-34H2,1-2H3,(H,44,45). The molecule has 0 heterocycles. The molecule has 0 bridgehead atoms. The van der Waals surface area contributed by atoms with E-state index in [4.69, 9.17) is 14.6 Å². The average molecular weight is 683 g/mol. The van der Waals surface area contributed by atoms with Crippen LogP contribution in [0.3, 0.4) is 0 Å². The molecule has 0 aliphatic heterocycles. The fraction of sp³-hybridized carbons (Fsp3) is 0.683. The van der Waals surface area contributed by atoms with Crippen molar-refractivity contribution in [2.24, 2.45) is 10.2 Å². The second-order valence-corrected chi connectivity index (χ2v) is 14.3. The van der Waals surface area contributed by atoms with Crippen LogP contribution in [0.25, 0.3) is 0 Å². The van der Waals surface area contributed by atoms with Gasteiger partial charge in [0, 0.05) is 6.42 Å². The molecule has 7 heteroatoms. The summed E-state index contributed by atoms with van der Waals surface area (Å²) in [6.07, 6.45) is 27.7. The molecule has 2 aromatic rings. The normalized spacial score (nSPS) is 11.4. The van der Waals surface area contributed by atoms with Crippen LogP contribution in [0.1, 0.15) is 154 Å². The van der Waals surface area contributed by atoms with E-state index in [1.54, 1.807) is 0 Å². The first kappa shape index (κ1) is 41.6. The number of hydrogen-bond acceptors (Lipinski definition) is 6. The van der Waals surface area contributed by atoms with E-state index >= 15 is 0 Å². The van der Waals surface area contributed by atoms with Crippen molar-refractivity contribution in [2.45, 2.75) is 155 Å². The number of ether oxygens (including phenoxy) is 2. The number of aryl methyl sites for hydroxylation is 1. The highest BCUT2D eigenvalue weighted by Gasteiger charge is 2.03. The molecule has 0 saturated heterocycles. The third kappa shape index (κ3) is 22.9. The zero-order valence-electron chi connectivity index (χ0n) is 30.4. The van der Waals surface area contributed by atoms with Crippen molar-refractivity contribution >= 4 is 29.1 Å². The number of carboxylic acids is 1. The van der Waals surface area contributed by atoms with Crippen molar-refractivity contribution in [3.05, 3.63) is 48.0 Å². The molecular formula is C41H66N2O4S. The highest BCUT2D eigenvalue weighted by Crippen LogP contribution is 2.26. The zero-order chi connectivity index (χ0) is 34.3. The van der Waals surface area contributed by atoms with Gasteiger partial charge in [-0.1, -0.05) is 109 Å². The molecule has 0 fully saturated rings. The van der Waals surface area contributed by atoms with Gasteiger partial charge in [0.2, 0.25) is 0 Å². The molecule has 6 nitrogen and oxygen atoms in total. The summed E-state index contributed by atoms with van der Waals surface area (Å²) in [5.41, 5.74) is 2.72. The van der Waals surface area contributed by atoms with Crippen LogP contribution in [0, 0.1) is 6.92 Å². The van der Waals surface area contributed by atoms with Crippen molar-refractivity contribution in [1.29, 1.82) is 0 Å². The summed E-state index contributed by atoms with van der Waals surface area (Å²) >= 11 is 2.16. The minimum absolute atomic E-state index is 0.334. The molecule has 0 aliphatic rings. The maximum Gasteiger partial charge on any atom is 0.303 e. The smallest absolute Gasteiger partial charge is 0.303 e. The Morgan fingerprint density at radius 3 is 1.56 bits per heavy atom. The van der Waals surface area contributed by atoms with Gasteiger partial charge in [-0.25, -0.2) is 0 Å². The predicted octanol–water partition coefficient (Wildman–Crippen LogP) is 13.6. The number of carboxylic acid groups (broad SMARTS) is 1. The van der Waals surface area contributed by atoms with Crippen molar-refractivity contribution in [1.82, 2.24) is 0 Å². The van der Waals surface area contributed by atoms with Gasteiger partial charge in [-0.05, 0) is 99.1 Å². The van der Waals surface area contributed by atoms with Crippen molar-refractivity contribution in [3.8, 4) is 11.5 Å². The Kier molecular flexibility index (Phi) is 25.5. The molecule has 48 heavy (non-hydrogen) atoms. The SMILES string of the molecule is CCOc1ccc(N=Nc2ccc(OCCCCCCCCCCSCCCCCCCCCCCCCCCC(=O)O)c(C)c2)cc1. The zero-order valence-corrected chi connectivity index (χ0v) is 31.2. The number of azo groups is 1. The van der Waals surface area contributed by atoms with Crippen molar-refractivity contribution < 1.29 is 19.4 Å². The number of benzene rings is 2. The summed E-state index contributed by atoms with van der Waals surface area (Å²) in [7, 11) is 0. The molecule has 2 aromatic carbocycles. The Balaban J connectivity index is 1.30. The lowest BCUT2D eigenvalue weighted by Crippen LogP contribution is -1.98. The summed E-state index contributed by atoms with van der Waals surface area (Å²) in [4.78, 5) is 10.5. The van der Waals surface area contributed by atoms with E-state index in [0.717, 1.165) is 54.3 Å². The number of nitrogens with zero attached hydrogens (tertiary/aromatic N) is 2. The number of unbranched alkanes of at least 4 members (excludes halogenated alkanes) is 19. The maximum atomic E-state index is 10.5. The first-order valence-corrected chi connectivity index (χ1v) is 20.4. The van der Waals surface area contributed by atoms with E-state index in [1.807, 2.05) is 49.4 Å². The fourth-order valence-electron chi connectivity index (χ4n) is 5.82. The van der Waals surface area contributed by atoms with Gasteiger partial charge in [0.1, 0.15) is 11.5 Å². The van der Waals surface area contributed by atoms with Gasteiger partial charge in [0.25, 0.3) is 0 Å². The van der Waals surface area contributed by atoms with Crippen LogP contribution < -0.4 is 9.47 Å².